The highest BCUT2D eigenvalue weighted by atomic mass is 16.5. The Morgan fingerprint density at radius 1 is 1.32 bits per heavy atom. The van der Waals surface area contributed by atoms with Crippen molar-refractivity contribution in [1.29, 1.82) is 0 Å². The molecule has 0 spiro atoms. The molecule has 1 aromatic heterocycles. The minimum Gasteiger partial charge on any atom is -0.497 e. The molecule has 1 aromatic carbocycles. The van der Waals surface area contributed by atoms with E-state index in [1.165, 1.54) is 0 Å². The first-order chi connectivity index (χ1) is 12.1. The van der Waals surface area contributed by atoms with Crippen LogP contribution in [0.3, 0.4) is 0 Å². The van der Waals surface area contributed by atoms with E-state index in [0.717, 1.165) is 43.9 Å². The molecule has 0 saturated heterocycles. The van der Waals surface area contributed by atoms with Crippen molar-refractivity contribution in [2.24, 2.45) is 5.41 Å². The number of carbonyl (C=O) groups is 1. The summed E-state index contributed by atoms with van der Waals surface area (Å²) in [6, 6.07) is 5.42. The maximum atomic E-state index is 12.4. The second-order valence-corrected chi connectivity index (χ2v) is 7.46. The largest absolute Gasteiger partial charge is 0.497 e. The lowest BCUT2D eigenvalue weighted by Gasteiger charge is -2.57. The minimum atomic E-state index is -0.577. The molecule has 2 aliphatic rings. The van der Waals surface area contributed by atoms with Crippen molar-refractivity contribution in [2.45, 2.75) is 50.5 Å². The van der Waals surface area contributed by atoms with E-state index >= 15 is 0 Å². The van der Waals surface area contributed by atoms with Crippen LogP contribution in [0.4, 0.5) is 0 Å². The Labute approximate surface area is 146 Å². The number of fused-ring (bicyclic) bond motifs is 1. The van der Waals surface area contributed by atoms with Crippen molar-refractivity contribution in [3.8, 4) is 5.75 Å². The van der Waals surface area contributed by atoms with Gasteiger partial charge in [-0.15, -0.1) is 0 Å². The molecule has 2 aromatic rings. The monoisotopic (exact) mass is 344 g/mol. The molecule has 1 heterocycles. The zero-order valence-corrected chi connectivity index (χ0v) is 14.5. The molecule has 0 aliphatic heterocycles. The molecule has 2 saturated carbocycles. The Balaban J connectivity index is 1.42. The predicted molar refractivity (Wildman–Crippen MR) is 92.4 cm³/mol. The molecule has 25 heavy (non-hydrogen) atoms. The smallest absolute Gasteiger partial charge is 0.226 e. The average molecular weight is 344 g/mol. The van der Waals surface area contributed by atoms with E-state index < -0.39 is 5.60 Å². The molecule has 0 unspecified atom stereocenters. The number of benzene rings is 1. The summed E-state index contributed by atoms with van der Waals surface area (Å²) in [5, 5.41) is 18.6. The lowest BCUT2D eigenvalue weighted by atomic mass is 9.52. The van der Waals surface area contributed by atoms with Crippen LogP contribution in [0.25, 0.3) is 11.0 Å². The van der Waals surface area contributed by atoms with Crippen LogP contribution in [0, 0.1) is 5.41 Å². The number of methoxy groups -OCH3 is 1. The molecule has 2 N–H and O–H groups in total. The van der Waals surface area contributed by atoms with Crippen LogP contribution in [0.15, 0.2) is 22.7 Å². The molecule has 6 nitrogen and oxygen atoms in total. The van der Waals surface area contributed by atoms with Crippen molar-refractivity contribution in [1.82, 2.24) is 10.5 Å². The Kier molecular flexibility index (Phi) is 3.95. The summed E-state index contributed by atoms with van der Waals surface area (Å²) in [7, 11) is 1.60. The number of aromatic nitrogens is 1. The Morgan fingerprint density at radius 3 is 2.68 bits per heavy atom. The second kappa shape index (κ2) is 6.02. The number of ether oxygens (including phenoxy) is 1. The highest BCUT2D eigenvalue weighted by molar-refractivity contribution is 5.87. The molecule has 0 radical (unpaired) electrons. The van der Waals surface area contributed by atoms with E-state index in [1.807, 2.05) is 6.07 Å². The van der Waals surface area contributed by atoms with E-state index in [9.17, 15) is 9.90 Å². The van der Waals surface area contributed by atoms with Gasteiger partial charge in [0.15, 0.2) is 5.58 Å². The number of hydrogen-bond acceptors (Lipinski definition) is 5. The first-order valence-corrected chi connectivity index (χ1v) is 8.97. The first kappa shape index (κ1) is 16.4. The molecule has 0 bridgehead atoms. The summed E-state index contributed by atoms with van der Waals surface area (Å²) in [5.74, 6) is 0.616. The van der Waals surface area contributed by atoms with Crippen molar-refractivity contribution >= 4 is 16.9 Å². The zero-order chi connectivity index (χ0) is 17.5. The second-order valence-electron chi connectivity index (χ2n) is 7.46. The highest BCUT2D eigenvalue weighted by Gasteiger charge is 2.56. The maximum absolute atomic E-state index is 12.4. The number of nitrogens with one attached hydrogen (secondary N) is 1. The third kappa shape index (κ3) is 2.68. The van der Waals surface area contributed by atoms with Crippen molar-refractivity contribution in [3.63, 3.8) is 0 Å². The van der Waals surface area contributed by atoms with Crippen molar-refractivity contribution in [2.75, 3.05) is 13.7 Å². The summed E-state index contributed by atoms with van der Waals surface area (Å²) < 4.78 is 10.5. The molecule has 134 valence electrons. The summed E-state index contributed by atoms with van der Waals surface area (Å²) in [4.78, 5) is 12.4. The van der Waals surface area contributed by atoms with Crippen LogP contribution < -0.4 is 10.1 Å². The molecule has 1 amide bonds. The normalized spacial score (nSPS) is 20.6. The molecule has 0 atom stereocenters. The summed E-state index contributed by atoms with van der Waals surface area (Å²) in [6.07, 6.45) is 6.08. The SMILES string of the molecule is COc1ccc2onc(CC(=O)NCC3(C4(O)CCC4)CCC3)c2c1. The highest BCUT2D eigenvalue weighted by Crippen LogP contribution is 2.56. The number of hydrogen-bond donors (Lipinski definition) is 2. The van der Waals surface area contributed by atoms with Crippen LogP contribution in [0.1, 0.15) is 44.2 Å². The summed E-state index contributed by atoms with van der Waals surface area (Å²) in [5.41, 5.74) is 0.543. The Bertz CT molecular complexity index is 790. The molecule has 2 aliphatic carbocycles. The molecule has 4 rings (SSSR count). The van der Waals surface area contributed by atoms with Gasteiger partial charge in [0.2, 0.25) is 5.91 Å². The third-order valence-corrected chi connectivity index (χ3v) is 6.18. The number of carbonyl (C=O) groups excluding carboxylic acids is 1. The fourth-order valence-electron chi connectivity index (χ4n) is 4.16. The summed E-state index contributed by atoms with van der Waals surface area (Å²) >= 11 is 0. The van der Waals surface area contributed by atoms with Gasteiger partial charge < -0.3 is 19.7 Å². The number of nitrogens with zero attached hydrogens (tertiary/aromatic N) is 1. The number of rotatable bonds is 6. The first-order valence-electron chi connectivity index (χ1n) is 8.97. The lowest BCUT2D eigenvalue weighted by Crippen LogP contribution is -2.61. The fraction of sp³-hybridized carbons (Fsp3) is 0.579. The molecule has 6 heteroatoms. The van der Waals surface area contributed by atoms with Gasteiger partial charge in [-0.2, -0.15) is 0 Å². The van der Waals surface area contributed by atoms with Crippen molar-refractivity contribution < 1.29 is 19.2 Å². The summed E-state index contributed by atoms with van der Waals surface area (Å²) in [6.45, 7) is 0.543. The minimum absolute atomic E-state index is 0.0905. The fourth-order valence-corrected chi connectivity index (χ4v) is 4.16. The predicted octanol–water partition coefficient (Wildman–Crippen LogP) is 2.58. The van der Waals surface area contributed by atoms with Crippen LogP contribution in [0.2, 0.25) is 0 Å². The van der Waals surface area contributed by atoms with Crippen molar-refractivity contribution in [3.05, 3.63) is 23.9 Å². The van der Waals surface area contributed by atoms with E-state index in [2.05, 4.69) is 10.5 Å². The van der Waals surface area contributed by atoms with Gasteiger partial charge in [0.25, 0.3) is 0 Å². The number of amides is 1. The molecular weight excluding hydrogens is 320 g/mol. The van der Waals surface area contributed by atoms with Gasteiger partial charge in [-0.3, -0.25) is 4.79 Å². The maximum Gasteiger partial charge on any atom is 0.226 e. The van der Waals surface area contributed by atoms with Crippen LogP contribution in [0.5, 0.6) is 5.75 Å². The van der Waals surface area contributed by atoms with E-state index in [-0.39, 0.29) is 17.7 Å². The van der Waals surface area contributed by atoms with E-state index in [4.69, 9.17) is 9.26 Å². The van der Waals surface area contributed by atoms with Gasteiger partial charge in [-0.1, -0.05) is 11.6 Å². The Morgan fingerprint density at radius 2 is 2.08 bits per heavy atom. The quantitative estimate of drug-likeness (QED) is 0.841. The molecule has 2 fully saturated rings. The zero-order valence-electron chi connectivity index (χ0n) is 14.5. The van der Waals surface area contributed by atoms with Gasteiger partial charge in [0.05, 0.1) is 19.1 Å². The van der Waals surface area contributed by atoms with E-state index in [1.54, 1.807) is 19.2 Å². The van der Waals surface area contributed by atoms with Crippen LogP contribution in [-0.2, 0) is 11.2 Å². The standard InChI is InChI=1S/C19H24N2O4/c1-24-13-4-5-16-14(10-13)15(21-25-16)11-17(22)20-12-18(6-2-7-18)19(23)8-3-9-19/h4-5,10,23H,2-3,6-9,11-12H2,1H3,(H,20,22). The van der Waals surface area contributed by atoms with Gasteiger partial charge in [-0.25, -0.2) is 0 Å². The van der Waals surface area contributed by atoms with Gasteiger partial charge in [0.1, 0.15) is 11.4 Å². The van der Waals surface area contributed by atoms with Gasteiger partial charge in [-0.05, 0) is 50.3 Å². The number of aliphatic hydroxyl groups is 1. The van der Waals surface area contributed by atoms with E-state index in [0.29, 0.717) is 23.6 Å². The van der Waals surface area contributed by atoms with Crippen LogP contribution >= 0.6 is 0 Å². The topological polar surface area (TPSA) is 84.6 Å². The lowest BCUT2D eigenvalue weighted by molar-refractivity contribution is -0.173. The molecular formula is C19H24N2O4. The Hall–Kier alpha value is -2.08. The van der Waals surface area contributed by atoms with Crippen LogP contribution in [-0.4, -0.2) is 35.4 Å². The third-order valence-electron chi connectivity index (χ3n) is 6.18. The van der Waals surface area contributed by atoms with Gasteiger partial charge in [0, 0.05) is 17.3 Å². The average Bonchev–Trinajstić information content (AvgIpc) is 2.94. The van der Waals surface area contributed by atoms with Gasteiger partial charge >= 0.3 is 0 Å².